The Hall–Kier alpha value is -3.52. The van der Waals surface area contributed by atoms with Crippen molar-refractivity contribution in [3.05, 3.63) is 83.9 Å². The fraction of sp³-hybridized carbons (Fsp3) is 0.269. The van der Waals surface area contributed by atoms with E-state index in [2.05, 4.69) is 5.32 Å². The summed E-state index contributed by atoms with van der Waals surface area (Å²) in [5.41, 5.74) is 2.41. The fourth-order valence-electron chi connectivity index (χ4n) is 3.87. The van der Waals surface area contributed by atoms with Crippen molar-refractivity contribution in [1.29, 1.82) is 0 Å². The van der Waals surface area contributed by atoms with Gasteiger partial charge in [-0.3, -0.25) is 9.10 Å². The molecule has 0 spiro atoms. The first-order chi connectivity index (χ1) is 16.3. The van der Waals surface area contributed by atoms with Gasteiger partial charge in [-0.1, -0.05) is 43.3 Å². The van der Waals surface area contributed by atoms with Crippen molar-refractivity contribution < 1.29 is 22.7 Å². The van der Waals surface area contributed by atoms with E-state index in [1.54, 1.807) is 24.3 Å². The molecule has 34 heavy (non-hydrogen) atoms. The molecule has 1 N–H and O–H groups in total. The minimum absolute atomic E-state index is 0.0998. The molecule has 4 rings (SSSR count). The van der Waals surface area contributed by atoms with Crippen LogP contribution in [0.1, 0.15) is 24.0 Å². The van der Waals surface area contributed by atoms with Crippen LogP contribution in [0.3, 0.4) is 0 Å². The van der Waals surface area contributed by atoms with Gasteiger partial charge >= 0.3 is 0 Å². The molecule has 0 fully saturated rings. The van der Waals surface area contributed by atoms with Crippen molar-refractivity contribution in [2.45, 2.75) is 30.8 Å². The van der Waals surface area contributed by atoms with Crippen LogP contribution in [0.25, 0.3) is 0 Å². The van der Waals surface area contributed by atoms with Crippen molar-refractivity contribution in [3.63, 3.8) is 0 Å². The second-order valence-electron chi connectivity index (χ2n) is 8.35. The van der Waals surface area contributed by atoms with Crippen LogP contribution in [0.5, 0.6) is 11.5 Å². The lowest BCUT2D eigenvalue weighted by atomic mass is 10.0. The van der Waals surface area contributed by atoms with E-state index in [4.69, 9.17) is 9.47 Å². The monoisotopic (exact) mass is 480 g/mol. The number of rotatable bonds is 7. The van der Waals surface area contributed by atoms with Crippen LogP contribution in [-0.4, -0.2) is 40.6 Å². The molecular weight excluding hydrogens is 452 g/mol. The van der Waals surface area contributed by atoms with Crippen LogP contribution in [-0.2, 0) is 14.8 Å². The van der Waals surface area contributed by atoms with E-state index < -0.39 is 16.1 Å². The highest BCUT2D eigenvalue weighted by molar-refractivity contribution is 7.92. The Bertz CT molecular complexity index is 1260. The van der Waals surface area contributed by atoms with Crippen molar-refractivity contribution in [3.8, 4) is 11.5 Å². The largest absolute Gasteiger partial charge is 0.497 e. The van der Waals surface area contributed by atoms with Gasteiger partial charge in [0, 0.05) is 6.54 Å². The van der Waals surface area contributed by atoms with Crippen LogP contribution in [0.2, 0.25) is 0 Å². The maximum absolute atomic E-state index is 13.6. The molecule has 2 atom stereocenters. The van der Waals surface area contributed by atoms with E-state index >= 15 is 0 Å². The number of methoxy groups -OCH3 is 1. The summed E-state index contributed by atoms with van der Waals surface area (Å²) in [6.45, 7) is 4.18. The number of carbonyl (C=O) groups is 1. The number of aryl methyl sites for hydroxylation is 1. The smallest absolute Gasteiger partial charge is 0.264 e. The zero-order valence-corrected chi connectivity index (χ0v) is 20.2. The molecule has 0 saturated heterocycles. The van der Waals surface area contributed by atoms with Gasteiger partial charge in [-0.15, -0.1) is 0 Å². The van der Waals surface area contributed by atoms with Crippen LogP contribution < -0.4 is 19.1 Å². The van der Waals surface area contributed by atoms with Gasteiger partial charge in [0.15, 0.2) is 6.10 Å². The van der Waals surface area contributed by atoms with Crippen LogP contribution in [0.4, 0.5) is 5.69 Å². The summed E-state index contributed by atoms with van der Waals surface area (Å²) in [4.78, 5) is 13.1. The highest BCUT2D eigenvalue weighted by Crippen LogP contribution is 2.38. The van der Waals surface area contributed by atoms with E-state index in [0.717, 1.165) is 11.1 Å². The predicted octanol–water partition coefficient (Wildman–Crippen LogP) is 3.88. The molecule has 7 nitrogen and oxygen atoms in total. The van der Waals surface area contributed by atoms with Gasteiger partial charge in [-0.2, -0.15) is 0 Å². The molecular formula is C26H28N2O5S. The summed E-state index contributed by atoms with van der Waals surface area (Å²) in [5.74, 6) is 0.652. The summed E-state index contributed by atoms with van der Waals surface area (Å²) in [6, 6.07) is 21.3. The first-order valence-corrected chi connectivity index (χ1v) is 12.5. The number of carbonyl (C=O) groups excluding carboxylic acids is 1. The SMILES string of the molecule is COc1ccc(S(=O)(=O)N2C[C@@H](C(=O)NC[C@@H](C)c3ccccc3)Oc3ccc(C)cc32)cc1. The number of nitrogens with zero attached hydrogens (tertiary/aromatic N) is 1. The quantitative estimate of drug-likeness (QED) is 0.555. The first-order valence-electron chi connectivity index (χ1n) is 11.1. The zero-order chi connectivity index (χ0) is 24.3. The lowest BCUT2D eigenvalue weighted by Gasteiger charge is -2.35. The van der Waals surface area contributed by atoms with Crippen molar-refractivity contribution in [2.75, 3.05) is 24.5 Å². The number of fused-ring (bicyclic) bond motifs is 1. The van der Waals surface area contributed by atoms with Crippen LogP contribution >= 0.6 is 0 Å². The van der Waals surface area contributed by atoms with Crippen LogP contribution in [0.15, 0.2) is 77.7 Å². The summed E-state index contributed by atoms with van der Waals surface area (Å²) in [5, 5.41) is 2.92. The van der Waals surface area contributed by atoms with Gasteiger partial charge in [0.2, 0.25) is 0 Å². The van der Waals surface area contributed by atoms with Gasteiger partial charge in [-0.05, 0) is 60.4 Å². The summed E-state index contributed by atoms with van der Waals surface area (Å²) in [6.07, 6.45) is -0.980. The van der Waals surface area contributed by atoms with E-state index in [-0.39, 0.29) is 23.3 Å². The summed E-state index contributed by atoms with van der Waals surface area (Å²) >= 11 is 0. The maximum Gasteiger partial charge on any atom is 0.264 e. The number of sulfonamides is 1. The Kier molecular flexibility index (Phi) is 6.79. The molecule has 0 bridgehead atoms. The van der Waals surface area contributed by atoms with Gasteiger partial charge in [0.25, 0.3) is 15.9 Å². The van der Waals surface area contributed by atoms with E-state index in [1.165, 1.54) is 23.5 Å². The van der Waals surface area contributed by atoms with Gasteiger partial charge < -0.3 is 14.8 Å². The topological polar surface area (TPSA) is 84.9 Å². The molecule has 1 heterocycles. The zero-order valence-electron chi connectivity index (χ0n) is 19.4. The van der Waals surface area contributed by atoms with Gasteiger partial charge in [0.05, 0.1) is 24.2 Å². The van der Waals surface area contributed by atoms with E-state index in [1.807, 2.05) is 50.2 Å². The summed E-state index contributed by atoms with van der Waals surface area (Å²) < 4.78 is 39.5. The van der Waals surface area contributed by atoms with E-state index in [9.17, 15) is 13.2 Å². The number of hydrogen-bond acceptors (Lipinski definition) is 5. The molecule has 0 aliphatic carbocycles. The number of benzene rings is 3. The second kappa shape index (κ2) is 9.77. The third kappa shape index (κ3) is 4.87. The number of amides is 1. The number of anilines is 1. The normalized spacial score (nSPS) is 16.2. The standard InChI is InChI=1S/C26H28N2O5S/c1-18-9-14-24-23(15-18)28(34(30,31)22-12-10-21(32-3)11-13-22)17-25(33-24)26(29)27-16-19(2)20-7-5-4-6-8-20/h4-15,19,25H,16-17H2,1-3H3,(H,27,29)/t19-,25+/m1/s1. The maximum atomic E-state index is 13.6. The molecule has 1 aliphatic rings. The molecule has 0 unspecified atom stereocenters. The molecule has 8 heteroatoms. The van der Waals surface area contributed by atoms with Crippen molar-refractivity contribution in [2.24, 2.45) is 0 Å². The van der Waals surface area contributed by atoms with Gasteiger partial charge in [0.1, 0.15) is 11.5 Å². The van der Waals surface area contributed by atoms with Crippen molar-refractivity contribution >= 4 is 21.6 Å². The molecule has 178 valence electrons. The Morgan fingerprint density at radius 2 is 1.82 bits per heavy atom. The Balaban J connectivity index is 1.58. The Morgan fingerprint density at radius 1 is 1.12 bits per heavy atom. The van der Waals surface area contributed by atoms with E-state index in [0.29, 0.717) is 23.7 Å². The van der Waals surface area contributed by atoms with Crippen LogP contribution in [0, 0.1) is 6.92 Å². The number of hydrogen-bond donors (Lipinski definition) is 1. The average Bonchev–Trinajstić information content (AvgIpc) is 2.86. The second-order valence-corrected chi connectivity index (χ2v) is 10.2. The first kappa shape index (κ1) is 23.6. The third-order valence-electron chi connectivity index (χ3n) is 5.87. The fourth-order valence-corrected chi connectivity index (χ4v) is 5.34. The predicted molar refractivity (Wildman–Crippen MR) is 131 cm³/mol. The third-order valence-corrected chi connectivity index (χ3v) is 7.67. The Labute approximate surface area is 200 Å². The molecule has 0 radical (unpaired) electrons. The Morgan fingerprint density at radius 3 is 2.50 bits per heavy atom. The molecule has 1 amide bonds. The highest BCUT2D eigenvalue weighted by Gasteiger charge is 2.37. The number of nitrogens with one attached hydrogen (secondary N) is 1. The molecule has 3 aromatic carbocycles. The lowest BCUT2D eigenvalue weighted by molar-refractivity contribution is -0.127. The molecule has 3 aromatic rings. The summed E-state index contributed by atoms with van der Waals surface area (Å²) in [7, 11) is -2.42. The van der Waals surface area contributed by atoms with Crippen molar-refractivity contribution in [1.82, 2.24) is 5.32 Å². The lowest BCUT2D eigenvalue weighted by Crippen LogP contribution is -2.51. The minimum Gasteiger partial charge on any atom is -0.497 e. The minimum atomic E-state index is -3.94. The number of ether oxygens (including phenoxy) is 2. The molecule has 0 aromatic heterocycles. The molecule has 0 saturated carbocycles. The van der Waals surface area contributed by atoms with Gasteiger partial charge in [-0.25, -0.2) is 8.42 Å². The highest BCUT2D eigenvalue weighted by atomic mass is 32.2. The molecule has 1 aliphatic heterocycles. The average molecular weight is 481 g/mol.